The van der Waals surface area contributed by atoms with E-state index in [2.05, 4.69) is 9.44 Å². The highest BCUT2D eigenvalue weighted by Gasteiger charge is 2.17. The Morgan fingerprint density at radius 1 is 0.741 bits per heavy atom. The highest BCUT2D eigenvalue weighted by atomic mass is 35.5. The van der Waals surface area contributed by atoms with Crippen molar-refractivity contribution >= 4 is 43.2 Å². The normalized spacial score (nSPS) is 12.2. The molecule has 4 N–H and O–H groups in total. The number of phenolic OH excluding ortho intramolecular Hbond substituents is 2. The van der Waals surface area contributed by atoms with Gasteiger partial charge in [-0.2, -0.15) is 0 Å². The molecule has 2 rings (SSSR count). The number of hydrogen-bond donors (Lipinski definition) is 4. The maximum absolute atomic E-state index is 12.1. The van der Waals surface area contributed by atoms with Crippen LogP contribution in [-0.4, -0.2) is 40.1 Å². The van der Waals surface area contributed by atoms with Crippen molar-refractivity contribution in [3.8, 4) is 11.5 Å². The van der Waals surface area contributed by atoms with Crippen molar-refractivity contribution in [2.24, 2.45) is 0 Å². The standard InChI is InChI=1S/C15H16Cl2N2O6S2/c16-12-8-10(2-4-14(12)20)26(22,23)18-6-1-7-19-27(24,25)11-3-5-15(21)13(17)9-11/h2-5,8-9,18-21H,1,6-7H2. The zero-order chi connectivity index (χ0) is 20.2. The fraction of sp³-hybridized carbons (Fsp3) is 0.200. The SMILES string of the molecule is O=S(=O)(NCCCNS(=O)(=O)c1ccc(O)c(Cl)c1)c1ccc(O)c(Cl)c1. The predicted molar refractivity (Wildman–Crippen MR) is 101 cm³/mol. The zero-order valence-electron chi connectivity index (χ0n) is 13.7. The van der Waals surface area contributed by atoms with Crippen molar-refractivity contribution in [2.75, 3.05) is 13.1 Å². The lowest BCUT2D eigenvalue weighted by atomic mass is 10.3. The number of aromatic hydroxyl groups is 2. The molecule has 0 aromatic heterocycles. The summed E-state index contributed by atoms with van der Waals surface area (Å²) < 4.78 is 53.1. The molecule has 0 radical (unpaired) electrons. The molecule has 2 aromatic rings. The van der Waals surface area contributed by atoms with Crippen LogP contribution in [0.2, 0.25) is 10.0 Å². The molecule has 0 aliphatic carbocycles. The molecule has 8 nitrogen and oxygen atoms in total. The summed E-state index contributed by atoms with van der Waals surface area (Å²) in [5.41, 5.74) is 0. The molecule has 12 heteroatoms. The van der Waals surface area contributed by atoms with Gasteiger partial charge in [-0.15, -0.1) is 0 Å². The Balaban J connectivity index is 1.89. The van der Waals surface area contributed by atoms with Crippen LogP contribution >= 0.6 is 23.2 Å². The molecule has 0 spiro atoms. The summed E-state index contributed by atoms with van der Waals surface area (Å²) in [6.45, 7) is -0.0562. The lowest BCUT2D eigenvalue weighted by Gasteiger charge is -2.09. The molecule has 0 unspecified atom stereocenters. The van der Waals surface area contributed by atoms with Crippen molar-refractivity contribution < 1.29 is 27.0 Å². The first-order valence-corrected chi connectivity index (χ1v) is 11.2. The summed E-state index contributed by atoms with van der Waals surface area (Å²) >= 11 is 11.4. The van der Waals surface area contributed by atoms with Crippen molar-refractivity contribution in [3.63, 3.8) is 0 Å². The predicted octanol–water partition coefficient (Wildman–Crippen LogP) is 2.05. The van der Waals surface area contributed by atoms with Crippen LogP contribution < -0.4 is 9.44 Å². The van der Waals surface area contributed by atoms with Gasteiger partial charge in [0.2, 0.25) is 20.0 Å². The third-order valence-corrected chi connectivity index (χ3v) is 6.92. The van der Waals surface area contributed by atoms with Crippen LogP contribution in [0.4, 0.5) is 0 Å². The van der Waals surface area contributed by atoms with Crippen molar-refractivity contribution in [1.82, 2.24) is 9.44 Å². The molecule has 0 saturated heterocycles. The fourth-order valence-electron chi connectivity index (χ4n) is 1.98. The van der Waals surface area contributed by atoms with Gasteiger partial charge in [0.25, 0.3) is 0 Å². The van der Waals surface area contributed by atoms with Crippen molar-refractivity contribution in [3.05, 3.63) is 46.4 Å². The average Bonchev–Trinajstić information content (AvgIpc) is 2.59. The smallest absolute Gasteiger partial charge is 0.240 e. The van der Waals surface area contributed by atoms with Gasteiger partial charge in [-0.05, 0) is 42.8 Å². The molecule has 2 aromatic carbocycles. The summed E-state index contributed by atoms with van der Waals surface area (Å²) in [5, 5.41) is 18.4. The number of sulfonamides is 2. The molecule has 0 aliphatic rings. The highest BCUT2D eigenvalue weighted by molar-refractivity contribution is 7.89. The third-order valence-electron chi connectivity index (χ3n) is 3.40. The Labute approximate surface area is 166 Å². The maximum atomic E-state index is 12.1. The lowest BCUT2D eigenvalue weighted by molar-refractivity contribution is 0.474. The van der Waals surface area contributed by atoms with Gasteiger partial charge in [-0.3, -0.25) is 0 Å². The van der Waals surface area contributed by atoms with E-state index in [-0.39, 0.29) is 50.8 Å². The third kappa shape index (κ3) is 5.71. The van der Waals surface area contributed by atoms with E-state index in [1.165, 1.54) is 12.1 Å². The largest absolute Gasteiger partial charge is 0.506 e. The number of rotatable bonds is 8. The minimum absolute atomic E-state index is 0.0281. The molecule has 27 heavy (non-hydrogen) atoms. The van der Waals surface area contributed by atoms with Crippen LogP contribution in [0.25, 0.3) is 0 Å². The molecule has 0 heterocycles. The van der Waals surface area contributed by atoms with Gasteiger partial charge in [0.05, 0.1) is 19.8 Å². The van der Waals surface area contributed by atoms with E-state index in [1.54, 1.807) is 0 Å². The van der Waals surface area contributed by atoms with Crippen molar-refractivity contribution in [2.45, 2.75) is 16.2 Å². The van der Waals surface area contributed by atoms with E-state index in [0.29, 0.717) is 0 Å². The van der Waals surface area contributed by atoms with E-state index >= 15 is 0 Å². The van der Waals surface area contributed by atoms with Gasteiger partial charge in [0, 0.05) is 13.1 Å². The van der Waals surface area contributed by atoms with Gasteiger partial charge < -0.3 is 10.2 Å². The molecule has 0 atom stereocenters. The first-order valence-electron chi connectivity index (χ1n) is 7.49. The zero-order valence-corrected chi connectivity index (χ0v) is 16.8. The number of phenols is 2. The summed E-state index contributed by atoms with van der Waals surface area (Å²) in [6.07, 6.45) is 0.177. The number of benzene rings is 2. The van der Waals surface area contributed by atoms with E-state index in [9.17, 15) is 27.0 Å². The summed E-state index contributed by atoms with van der Waals surface area (Å²) in [7, 11) is -7.69. The van der Waals surface area contributed by atoms with Crippen LogP contribution in [-0.2, 0) is 20.0 Å². The Bertz CT molecular complexity index is 959. The molecule has 0 bridgehead atoms. The topological polar surface area (TPSA) is 133 Å². The van der Waals surface area contributed by atoms with E-state index < -0.39 is 20.0 Å². The first-order chi connectivity index (χ1) is 12.5. The molecule has 0 saturated carbocycles. The monoisotopic (exact) mass is 454 g/mol. The summed E-state index contributed by atoms with van der Waals surface area (Å²) in [4.78, 5) is -0.241. The molecule has 0 fully saturated rings. The number of hydrogen-bond acceptors (Lipinski definition) is 6. The second-order valence-corrected chi connectivity index (χ2v) is 9.72. The minimum Gasteiger partial charge on any atom is -0.506 e. The van der Waals surface area contributed by atoms with Crippen molar-refractivity contribution in [1.29, 1.82) is 0 Å². The van der Waals surface area contributed by atoms with Gasteiger partial charge in [-0.1, -0.05) is 23.2 Å². The van der Waals surface area contributed by atoms with Crippen LogP contribution in [0.5, 0.6) is 11.5 Å². The van der Waals surface area contributed by atoms with Crippen LogP contribution in [0.1, 0.15) is 6.42 Å². The Morgan fingerprint density at radius 2 is 1.11 bits per heavy atom. The lowest BCUT2D eigenvalue weighted by Crippen LogP contribution is -2.30. The summed E-state index contributed by atoms with van der Waals surface area (Å²) in [5.74, 6) is -0.473. The highest BCUT2D eigenvalue weighted by Crippen LogP contribution is 2.26. The summed E-state index contributed by atoms with van der Waals surface area (Å²) in [6, 6.07) is 6.93. The minimum atomic E-state index is -3.85. The van der Waals surface area contributed by atoms with Gasteiger partial charge >= 0.3 is 0 Å². The van der Waals surface area contributed by atoms with Crippen LogP contribution in [0, 0.1) is 0 Å². The number of halogens is 2. The van der Waals surface area contributed by atoms with E-state index in [0.717, 1.165) is 24.3 Å². The van der Waals surface area contributed by atoms with E-state index in [4.69, 9.17) is 23.2 Å². The second kappa shape index (κ2) is 8.63. The Morgan fingerprint density at radius 3 is 1.44 bits per heavy atom. The molecular formula is C15H16Cl2N2O6S2. The first kappa shape index (κ1) is 21.7. The van der Waals surface area contributed by atoms with Crippen LogP contribution in [0.15, 0.2) is 46.2 Å². The molecule has 0 aliphatic heterocycles. The molecular weight excluding hydrogens is 439 g/mol. The average molecular weight is 455 g/mol. The van der Waals surface area contributed by atoms with Gasteiger partial charge in [0.1, 0.15) is 11.5 Å². The second-order valence-electron chi connectivity index (χ2n) is 5.38. The van der Waals surface area contributed by atoms with Gasteiger partial charge in [-0.25, -0.2) is 26.3 Å². The van der Waals surface area contributed by atoms with Crippen LogP contribution in [0.3, 0.4) is 0 Å². The van der Waals surface area contributed by atoms with E-state index in [1.807, 2.05) is 0 Å². The molecule has 0 amide bonds. The quantitative estimate of drug-likeness (QED) is 0.451. The maximum Gasteiger partial charge on any atom is 0.240 e. The molecule has 148 valence electrons. The number of nitrogens with one attached hydrogen (secondary N) is 2. The fourth-order valence-corrected chi connectivity index (χ4v) is 4.67. The Kier molecular flexibility index (Phi) is 6.95. The van der Waals surface area contributed by atoms with Gasteiger partial charge in [0.15, 0.2) is 0 Å². The Hall–Kier alpha value is -1.56.